The minimum absolute atomic E-state index is 0. The van der Waals surface area contributed by atoms with Gasteiger partial charge >= 0.3 is 27.3 Å². The number of para-hydroxylation sites is 2. The molecule has 1 aromatic heterocycles. The van der Waals surface area contributed by atoms with Gasteiger partial charge in [0.25, 0.3) is 0 Å². The third kappa shape index (κ3) is 1.88. The number of nitrogens with zero attached hydrogens (tertiary/aromatic N) is 1. The van der Waals surface area contributed by atoms with E-state index in [1.165, 1.54) is 10.8 Å². The van der Waals surface area contributed by atoms with E-state index in [9.17, 15) is 0 Å². The fourth-order valence-electron chi connectivity index (χ4n) is 1.72. The second-order valence-electron chi connectivity index (χ2n) is 3.37. The minimum Gasteiger partial charge on any atom is -0.248 e. The molecule has 2 aromatic carbocycles. The first-order chi connectivity index (χ1) is 6.93. The van der Waals surface area contributed by atoms with Gasteiger partial charge in [-0.2, -0.15) is 0 Å². The van der Waals surface area contributed by atoms with Gasteiger partial charge in [0.1, 0.15) is 0 Å². The summed E-state index contributed by atoms with van der Waals surface area (Å²) in [6, 6.07) is 18.6. The maximum Gasteiger partial charge on any atom is 0.0709 e. The molecule has 0 aliphatic heterocycles. The van der Waals surface area contributed by atoms with Gasteiger partial charge in [0.2, 0.25) is 0 Å². The SMILES string of the molecule is [PbH2].c1ccc2nc3ccccc3cc2c1. The zero-order valence-electron chi connectivity index (χ0n) is 8.35. The molecule has 1 nitrogen and oxygen atoms in total. The van der Waals surface area contributed by atoms with E-state index in [4.69, 9.17) is 0 Å². The first-order valence-electron chi connectivity index (χ1n) is 4.68. The summed E-state index contributed by atoms with van der Waals surface area (Å²) >= 11 is 0. The van der Waals surface area contributed by atoms with Crippen molar-refractivity contribution in [3.8, 4) is 0 Å². The van der Waals surface area contributed by atoms with Gasteiger partial charge < -0.3 is 0 Å². The summed E-state index contributed by atoms with van der Waals surface area (Å²) in [5.41, 5.74) is 2.12. The molecule has 1 heterocycles. The van der Waals surface area contributed by atoms with Crippen LogP contribution in [-0.2, 0) is 0 Å². The molecule has 15 heavy (non-hydrogen) atoms. The Bertz CT molecular complexity index is 499. The summed E-state index contributed by atoms with van der Waals surface area (Å²) in [5, 5.41) is 2.40. The van der Waals surface area contributed by atoms with E-state index in [-0.39, 0.29) is 27.3 Å². The molecule has 0 atom stereocenters. The molecule has 0 aliphatic carbocycles. The maximum absolute atomic E-state index is 4.58. The number of fused-ring (bicyclic) bond motifs is 2. The molecule has 0 bridgehead atoms. The third-order valence-electron chi connectivity index (χ3n) is 2.43. The zero-order valence-corrected chi connectivity index (χ0v) is 13.8. The van der Waals surface area contributed by atoms with Gasteiger partial charge in [0.05, 0.1) is 11.0 Å². The van der Waals surface area contributed by atoms with Crippen LogP contribution in [0.2, 0.25) is 0 Å². The average Bonchev–Trinajstić information content (AvgIpc) is 2.26. The molecule has 0 spiro atoms. The molecule has 3 rings (SSSR count). The number of rotatable bonds is 0. The number of benzene rings is 2. The van der Waals surface area contributed by atoms with Gasteiger partial charge in [0, 0.05) is 10.8 Å². The van der Waals surface area contributed by atoms with Crippen LogP contribution in [0.3, 0.4) is 0 Å². The molecular weight excluding hydrogens is 377 g/mol. The number of aromatic nitrogens is 1. The van der Waals surface area contributed by atoms with Gasteiger partial charge in [-0.15, -0.1) is 0 Å². The normalized spacial score (nSPS) is 10.1. The first-order valence-corrected chi connectivity index (χ1v) is 4.68. The Morgan fingerprint density at radius 1 is 0.667 bits per heavy atom. The molecule has 2 heteroatoms. The van der Waals surface area contributed by atoms with Crippen LogP contribution < -0.4 is 0 Å². The molecule has 72 valence electrons. The van der Waals surface area contributed by atoms with Gasteiger partial charge in [-0.3, -0.25) is 0 Å². The van der Waals surface area contributed by atoms with Crippen LogP contribution in [0.1, 0.15) is 0 Å². The van der Waals surface area contributed by atoms with Crippen LogP contribution in [0, 0.1) is 0 Å². The summed E-state index contributed by atoms with van der Waals surface area (Å²) < 4.78 is 0. The predicted octanol–water partition coefficient (Wildman–Crippen LogP) is 2.47. The minimum atomic E-state index is 0. The Hall–Kier alpha value is -0.968. The second-order valence-corrected chi connectivity index (χ2v) is 3.37. The topological polar surface area (TPSA) is 12.9 Å². The summed E-state index contributed by atoms with van der Waals surface area (Å²) in [5.74, 6) is 0. The van der Waals surface area contributed by atoms with Crippen LogP contribution >= 0.6 is 0 Å². The van der Waals surface area contributed by atoms with Gasteiger partial charge in [-0.1, -0.05) is 36.4 Å². The largest absolute Gasteiger partial charge is 0.248 e. The van der Waals surface area contributed by atoms with Crippen molar-refractivity contribution in [2.75, 3.05) is 0 Å². The van der Waals surface area contributed by atoms with Crippen molar-refractivity contribution in [1.29, 1.82) is 0 Å². The molecule has 0 fully saturated rings. The van der Waals surface area contributed by atoms with Crippen molar-refractivity contribution in [3.63, 3.8) is 0 Å². The van der Waals surface area contributed by atoms with E-state index in [1.54, 1.807) is 0 Å². The summed E-state index contributed by atoms with van der Waals surface area (Å²) in [4.78, 5) is 4.58. The van der Waals surface area contributed by atoms with E-state index in [0.717, 1.165) is 11.0 Å². The number of hydrogen-bond donors (Lipinski definition) is 0. The molecule has 0 unspecified atom stereocenters. The molecule has 2 radical (unpaired) electrons. The summed E-state index contributed by atoms with van der Waals surface area (Å²) in [7, 11) is 0. The van der Waals surface area contributed by atoms with E-state index < -0.39 is 0 Å². The third-order valence-corrected chi connectivity index (χ3v) is 2.43. The van der Waals surface area contributed by atoms with Crippen LogP contribution in [0.5, 0.6) is 0 Å². The Balaban J connectivity index is 0.000000853. The van der Waals surface area contributed by atoms with Crippen LogP contribution in [0.15, 0.2) is 54.6 Å². The molecule has 3 aromatic rings. The predicted molar refractivity (Wildman–Crippen MR) is 67.8 cm³/mol. The van der Waals surface area contributed by atoms with Crippen LogP contribution in [-0.4, -0.2) is 32.3 Å². The molecule has 0 amide bonds. The summed E-state index contributed by atoms with van der Waals surface area (Å²) in [6.07, 6.45) is 0. The molecule has 0 saturated heterocycles. The van der Waals surface area contributed by atoms with Crippen molar-refractivity contribution in [3.05, 3.63) is 54.6 Å². The van der Waals surface area contributed by atoms with Crippen molar-refractivity contribution in [1.82, 2.24) is 4.98 Å². The monoisotopic (exact) mass is 389 g/mol. The molecular formula is C13H11NPb. The summed E-state index contributed by atoms with van der Waals surface area (Å²) in [6.45, 7) is 0. The van der Waals surface area contributed by atoms with E-state index in [1.807, 2.05) is 36.4 Å². The van der Waals surface area contributed by atoms with E-state index in [2.05, 4.69) is 23.2 Å². The Kier molecular flexibility index (Phi) is 3.00. The van der Waals surface area contributed by atoms with Gasteiger partial charge in [-0.25, -0.2) is 4.98 Å². The average molecular weight is 388 g/mol. The van der Waals surface area contributed by atoms with Gasteiger partial charge in [-0.05, 0) is 18.2 Å². The molecule has 0 saturated carbocycles. The van der Waals surface area contributed by atoms with Crippen LogP contribution in [0.4, 0.5) is 0 Å². The zero-order chi connectivity index (χ0) is 9.38. The van der Waals surface area contributed by atoms with Crippen LogP contribution in [0.25, 0.3) is 21.8 Å². The van der Waals surface area contributed by atoms with Crippen molar-refractivity contribution >= 4 is 49.1 Å². The Morgan fingerprint density at radius 2 is 1.13 bits per heavy atom. The quantitative estimate of drug-likeness (QED) is 0.426. The Labute approximate surface area is 108 Å². The van der Waals surface area contributed by atoms with Gasteiger partial charge in [0.15, 0.2) is 0 Å². The van der Waals surface area contributed by atoms with E-state index >= 15 is 0 Å². The van der Waals surface area contributed by atoms with Crippen molar-refractivity contribution < 1.29 is 0 Å². The number of hydrogen-bond acceptors (Lipinski definition) is 1. The smallest absolute Gasteiger partial charge is 0.0709 e. The second kappa shape index (κ2) is 4.27. The Morgan fingerprint density at radius 3 is 1.67 bits per heavy atom. The molecule has 0 aliphatic rings. The molecule has 0 N–H and O–H groups in total. The first kappa shape index (κ1) is 10.5. The fraction of sp³-hybridized carbons (Fsp3) is 0. The fourth-order valence-corrected chi connectivity index (χ4v) is 1.72. The van der Waals surface area contributed by atoms with Crippen molar-refractivity contribution in [2.24, 2.45) is 0 Å². The number of pyridine rings is 1. The van der Waals surface area contributed by atoms with E-state index in [0.29, 0.717) is 0 Å². The maximum atomic E-state index is 4.58. The van der Waals surface area contributed by atoms with Crippen molar-refractivity contribution in [2.45, 2.75) is 0 Å². The standard InChI is InChI=1S/C13H9N.Pb.2H/c1-3-7-12-10(5-1)9-11-6-2-4-8-13(11)14-12;;;/h1-9H;;;.